The van der Waals surface area contributed by atoms with Crippen LogP contribution in [0.2, 0.25) is 0 Å². The fourth-order valence-corrected chi connectivity index (χ4v) is 3.60. The Bertz CT molecular complexity index is 877. The van der Waals surface area contributed by atoms with Crippen LogP contribution in [0.4, 0.5) is 4.79 Å². The summed E-state index contributed by atoms with van der Waals surface area (Å²) in [6.45, 7) is 4.22. The van der Waals surface area contributed by atoms with Crippen LogP contribution in [-0.4, -0.2) is 22.6 Å². The van der Waals surface area contributed by atoms with E-state index in [1.807, 2.05) is 48.5 Å². The van der Waals surface area contributed by atoms with Gasteiger partial charge in [-0.25, -0.2) is 0 Å². The van der Waals surface area contributed by atoms with Gasteiger partial charge in [0.15, 0.2) is 0 Å². The number of hydrogen-bond donors (Lipinski definition) is 0. The number of carbonyl (C=O) groups excluding carboxylic acids is 2. The van der Waals surface area contributed by atoms with Gasteiger partial charge in [0.25, 0.3) is 11.1 Å². The van der Waals surface area contributed by atoms with Crippen LogP contribution in [0.1, 0.15) is 11.1 Å². The highest BCUT2D eigenvalue weighted by atomic mass is 127. The first-order valence-corrected chi connectivity index (χ1v) is 9.80. The third kappa shape index (κ3) is 4.37. The molecule has 0 aromatic heterocycles. The maximum atomic E-state index is 12.4. The van der Waals surface area contributed by atoms with Crippen molar-refractivity contribution in [3.05, 3.63) is 80.8 Å². The number of rotatable bonds is 6. The molecule has 1 aliphatic heterocycles. The molecule has 4 nitrogen and oxygen atoms in total. The van der Waals surface area contributed by atoms with E-state index in [1.165, 1.54) is 14.5 Å². The Morgan fingerprint density at radius 1 is 1.12 bits per heavy atom. The van der Waals surface area contributed by atoms with Gasteiger partial charge in [-0.3, -0.25) is 14.5 Å². The Hall–Kier alpha value is -2.06. The summed E-state index contributed by atoms with van der Waals surface area (Å²) in [6, 6.07) is 15.6. The molecule has 1 heterocycles. The zero-order valence-corrected chi connectivity index (χ0v) is 16.8. The van der Waals surface area contributed by atoms with E-state index in [4.69, 9.17) is 4.74 Å². The zero-order valence-electron chi connectivity index (χ0n) is 13.9. The molecule has 2 amide bonds. The van der Waals surface area contributed by atoms with E-state index < -0.39 is 0 Å². The Labute approximate surface area is 170 Å². The smallest absolute Gasteiger partial charge is 0.293 e. The van der Waals surface area contributed by atoms with Crippen LogP contribution in [-0.2, 0) is 11.4 Å². The lowest BCUT2D eigenvalue weighted by atomic mass is 10.1. The molecule has 132 valence electrons. The number of carbonyl (C=O) groups is 2. The summed E-state index contributed by atoms with van der Waals surface area (Å²) < 4.78 is 7.10. The number of thioether (sulfide) groups is 1. The zero-order chi connectivity index (χ0) is 18.5. The number of ether oxygens (including phenoxy) is 1. The van der Waals surface area contributed by atoms with E-state index in [0.29, 0.717) is 17.3 Å². The first-order valence-electron chi connectivity index (χ1n) is 7.91. The number of halogens is 1. The number of para-hydroxylation sites is 1. The summed E-state index contributed by atoms with van der Waals surface area (Å²) in [4.78, 5) is 25.9. The van der Waals surface area contributed by atoms with Crippen LogP contribution in [0.5, 0.6) is 5.75 Å². The average Bonchev–Trinajstić information content (AvgIpc) is 2.90. The number of nitrogens with zero attached hydrogens (tertiary/aromatic N) is 1. The van der Waals surface area contributed by atoms with Crippen LogP contribution in [0.25, 0.3) is 6.08 Å². The van der Waals surface area contributed by atoms with Crippen molar-refractivity contribution in [2.24, 2.45) is 0 Å². The van der Waals surface area contributed by atoms with Gasteiger partial charge in [0.1, 0.15) is 12.4 Å². The highest BCUT2D eigenvalue weighted by Crippen LogP contribution is 2.34. The van der Waals surface area contributed by atoms with Gasteiger partial charge in [0, 0.05) is 15.7 Å². The van der Waals surface area contributed by atoms with E-state index in [2.05, 4.69) is 29.2 Å². The molecule has 0 atom stereocenters. The summed E-state index contributed by atoms with van der Waals surface area (Å²) in [6.07, 6.45) is 3.24. The predicted molar refractivity (Wildman–Crippen MR) is 113 cm³/mol. The predicted octanol–water partition coefficient (Wildman–Crippen LogP) is 5.09. The normalized spacial score (nSPS) is 15.6. The second-order valence-corrected chi connectivity index (χ2v) is 7.77. The SMILES string of the molecule is C=CCN1C(=O)S/C(=C/c2ccccc2OCc2ccc(I)cc2)C1=O. The summed E-state index contributed by atoms with van der Waals surface area (Å²) >= 11 is 3.20. The molecule has 1 aliphatic rings. The molecule has 1 saturated heterocycles. The molecule has 0 unspecified atom stereocenters. The quantitative estimate of drug-likeness (QED) is 0.330. The number of imide groups is 1. The lowest BCUT2D eigenvalue weighted by molar-refractivity contribution is -0.122. The van der Waals surface area contributed by atoms with Gasteiger partial charge in [-0.1, -0.05) is 36.4 Å². The third-order valence-corrected chi connectivity index (χ3v) is 5.33. The highest BCUT2D eigenvalue weighted by Gasteiger charge is 2.34. The Morgan fingerprint density at radius 3 is 2.58 bits per heavy atom. The van der Waals surface area contributed by atoms with Crippen molar-refractivity contribution in [3.8, 4) is 5.75 Å². The van der Waals surface area contributed by atoms with Crippen molar-refractivity contribution in [2.45, 2.75) is 6.61 Å². The van der Waals surface area contributed by atoms with Crippen LogP contribution in [0, 0.1) is 3.57 Å². The second kappa shape index (κ2) is 8.55. The minimum atomic E-state index is -0.299. The van der Waals surface area contributed by atoms with Gasteiger partial charge in [-0.15, -0.1) is 6.58 Å². The minimum Gasteiger partial charge on any atom is -0.488 e. The molecule has 1 fully saturated rings. The van der Waals surface area contributed by atoms with Crippen molar-refractivity contribution >= 4 is 51.6 Å². The lowest BCUT2D eigenvalue weighted by Crippen LogP contribution is -2.27. The van der Waals surface area contributed by atoms with Gasteiger partial charge in [-0.05, 0) is 64.2 Å². The third-order valence-electron chi connectivity index (χ3n) is 3.70. The summed E-state index contributed by atoms with van der Waals surface area (Å²) in [5.41, 5.74) is 1.83. The molecule has 0 aliphatic carbocycles. The highest BCUT2D eigenvalue weighted by molar-refractivity contribution is 14.1. The van der Waals surface area contributed by atoms with Crippen LogP contribution in [0.15, 0.2) is 66.1 Å². The molecule has 0 saturated carbocycles. The van der Waals surface area contributed by atoms with Gasteiger partial charge < -0.3 is 4.74 Å². The summed E-state index contributed by atoms with van der Waals surface area (Å²) in [5, 5.41) is -0.279. The minimum absolute atomic E-state index is 0.215. The fraction of sp³-hybridized carbons (Fsp3) is 0.100. The summed E-state index contributed by atoms with van der Waals surface area (Å²) in [7, 11) is 0. The number of hydrogen-bond acceptors (Lipinski definition) is 4. The molecule has 2 aromatic rings. The van der Waals surface area contributed by atoms with E-state index in [9.17, 15) is 9.59 Å². The first-order chi connectivity index (χ1) is 12.6. The summed E-state index contributed by atoms with van der Waals surface area (Å²) in [5.74, 6) is 0.369. The van der Waals surface area contributed by atoms with Gasteiger partial charge in [0.05, 0.1) is 4.91 Å². The van der Waals surface area contributed by atoms with Crippen molar-refractivity contribution in [2.75, 3.05) is 6.54 Å². The van der Waals surface area contributed by atoms with Crippen LogP contribution >= 0.6 is 34.4 Å². The molecule has 2 aromatic carbocycles. The molecule has 0 radical (unpaired) electrons. The standard InChI is InChI=1S/C20H16INO3S/c1-2-11-22-19(23)18(26-20(22)24)12-15-5-3-4-6-17(15)25-13-14-7-9-16(21)10-8-14/h2-10,12H,1,11,13H2/b18-12+. The van der Waals surface area contributed by atoms with E-state index in [0.717, 1.165) is 22.9 Å². The monoisotopic (exact) mass is 477 g/mol. The molecule has 0 spiro atoms. The van der Waals surface area contributed by atoms with Crippen molar-refractivity contribution in [3.63, 3.8) is 0 Å². The Morgan fingerprint density at radius 2 is 1.85 bits per heavy atom. The van der Waals surface area contributed by atoms with Crippen LogP contribution < -0.4 is 4.74 Å². The largest absolute Gasteiger partial charge is 0.488 e. The molecule has 3 rings (SSSR count). The molecule has 0 N–H and O–H groups in total. The van der Waals surface area contributed by atoms with E-state index >= 15 is 0 Å². The fourth-order valence-electron chi connectivity index (χ4n) is 2.40. The van der Waals surface area contributed by atoms with E-state index in [-0.39, 0.29) is 17.7 Å². The van der Waals surface area contributed by atoms with Gasteiger partial charge in [0.2, 0.25) is 0 Å². The molecule has 0 bridgehead atoms. The van der Waals surface area contributed by atoms with Crippen molar-refractivity contribution in [1.82, 2.24) is 4.90 Å². The van der Waals surface area contributed by atoms with Gasteiger partial charge in [-0.2, -0.15) is 0 Å². The van der Waals surface area contributed by atoms with Crippen LogP contribution in [0.3, 0.4) is 0 Å². The molecular weight excluding hydrogens is 461 g/mol. The Kier molecular flexibility index (Phi) is 6.16. The molecule has 6 heteroatoms. The number of amides is 2. The van der Waals surface area contributed by atoms with E-state index in [1.54, 1.807) is 6.08 Å². The topological polar surface area (TPSA) is 46.6 Å². The van der Waals surface area contributed by atoms with Crippen molar-refractivity contribution < 1.29 is 14.3 Å². The number of benzene rings is 2. The lowest BCUT2D eigenvalue weighted by Gasteiger charge is -2.10. The maximum absolute atomic E-state index is 12.4. The average molecular weight is 477 g/mol. The molecular formula is C20H16INO3S. The second-order valence-electron chi connectivity index (χ2n) is 5.53. The molecule has 26 heavy (non-hydrogen) atoms. The van der Waals surface area contributed by atoms with Gasteiger partial charge >= 0.3 is 0 Å². The Balaban J connectivity index is 1.79. The maximum Gasteiger partial charge on any atom is 0.293 e. The van der Waals surface area contributed by atoms with Crippen molar-refractivity contribution in [1.29, 1.82) is 0 Å². The first kappa shape index (κ1) is 18.7.